The van der Waals surface area contributed by atoms with E-state index in [0.29, 0.717) is 94.1 Å². The van der Waals surface area contributed by atoms with E-state index in [1.54, 1.807) is 32.6 Å². The van der Waals surface area contributed by atoms with E-state index in [2.05, 4.69) is 46.9 Å². The monoisotopic (exact) mass is 2270 g/mol. The van der Waals surface area contributed by atoms with Crippen LogP contribution in [0.15, 0.2) is 78.2 Å². The number of aromatic nitrogens is 9. The molecule has 0 bridgehead atoms. The molecule has 3 aromatic heterocycles. The Labute approximate surface area is 849 Å². The standard InChI is InChI=1S/C82H122N12O44S9/c95-79(60-49-67(129-31-10-40-139(100,101)102)75(136-37-16-46-145(118,119)120)68(50-60)130-32-11-41-140(103,104)105)83-22-7-25-92-57-64(86-89-92)19-1-4-28-127-73-55-63(82(98)99)56-74(128-29-5-2-20-65-58-93(90-87-65)26-8-23-84-80(96)61-51-69(131-33-12-42-141(106,107)108)76(137-38-17-47-146(121,122)123)70(52-61)132-34-13-43-142(109,110)111)78(73)135-30-6-3-21-66-59-94(91-88-66)27-9-24-85-81(97)62-53-71(133-35-14-44-143(112,113)114)77(138-39-18-48-147(124,125)126)72(54-62)134-36-15-45-144(115,116)117/h49-55,57-59,74H,1-48,56H2,(H,83,95)(H,84,96)(H,85,97)(H,98,99)(H,100,101,102)(H,103,104,105)(H,106,107,108)(H,109,110,111)(H,112,113,114)(H,115,116,117)(H,118,119,120)(H,121,122,123)(H,124,125,126). The number of ether oxygens (including phenoxy) is 12. The highest BCUT2D eigenvalue weighted by atomic mass is 32.3. The zero-order valence-corrected chi connectivity index (χ0v) is 86.9. The summed E-state index contributed by atoms with van der Waals surface area (Å²) in [5, 5.41) is 44.2. The Morgan fingerprint density at radius 2 is 0.531 bits per heavy atom. The van der Waals surface area contributed by atoms with Gasteiger partial charge in [-0.3, -0.25) is 69.4 Å². The van der Waals surface area contributed by atoms with Crippen molar-refractivity contribution >= 4 is 115 Å². The van der Waals surface area contributed by atoms with Crippen molar-refractivity contribution in [2.75, 3.05) is 151 Å². The number of rotatable bonds is 79. The summed E-state index contributed by atoms with van der Waals surface area (Å²) in [6.45, 7) is -2.04. The third-order valence-electron chi connectivity index (χ3n) is 20.2. The summed E-state index contributed by atoms with van der Waals surface area (Å²) in [4.78, 5) is 54.0. The molecule has 3 heterocycles. The maximum absolute atomic E-state index is 13.7. The van der Waals surface area contributed by atoms with Gasteiger partial charge in [-0.25, -0.2) is 4.79 Å². The van der Waals surface area contributed by atoms with Gasteiger partial charge in [0.2, 0.25) is 17.2 Å². The summed E-state index contributed by atoms with van der Waals surface area (Å²) < 4.78 is 365. The quantitative estimate of drug-likeness (QED) is 0.0192. The zero-order chi connectivity index (χ0) is 108. The molecule has 147 heavy (non-hydrogen) atoms. The SMILES string of the molecule is O=C(O)C1=CC(OCCCCc2cn(CCCNC(=O)c3cc(OCCCS(=O)(=O)O)c(OCCCS(=O)(=O)O)c(OCCCS(=O)(=O)O)c3)nn2)=C(OCCCCc2cn(CCCNC(=O)c3cc(OCCCS(=O)(=O)O)c(OCCCS(=O)(=O)O)c(OCCCS(=O)(=O)O)c3)nn2)C(OCCCCc2cn(CCCNC(=O)c3cc(OCCCS(=O)(=O)O)c(OCCCS(=O)(=O)O)c(OCCCS(=O)(=O)O)c3)nn2)C1. The molecule has 1 aliphatic rings. The van der Waals surface area contributed by atoms with Crippen LogP contribution in [-0.2, 0) is 149 Å². The topological polar surface area (TPSA) is 817 Å². The predicted molar refractivity (Wildman–Crippen MR) is 517 cm³/mol. The molecular weight excluding hydrogens is 2150 g/mol. The fourth-order valence-electron chi connectivity index (χ4n) is 13.4. The molecular formula is C82H122N12O44S9. The Morgan fingerprint density at radius 3 is 0.776 bits per heavy atom. The van der Waals surface area contributed by atoms with Gasteiger partial charge in [0.15, 0.2) is 46.0 Å². The molecule has 65 heteroatoms. The van der Waals surface area contributed by atoms with Crippen LogP contribution in [0.25, 0.3) is 0 Å². The molecule has 6 aromatic rings. The Hall–Kier alpha value is -10.6. The highest BCUT2D eigenvalue weighted by molar-refractivity contribution is 7.87. The van der Waals surface area contributed by atoms with E-state index in [9.17, 15) is 141 Å². The molecule has 0 aliphatic heterocycles. The highest BCUT2D eigenvalue weighted by Gasteiger charge is 2.32. The normalized spacial score (nSPS) is 13.4. The van der Waals surface area contributed by atoms with Gasteiger partial charge in [-0.2, -0.15) is 75.8 Å². The van der Waals surface area contributed by atoms with Crippen LogP contribution in [-0.4, -0.2) is 347 Å². The van der Waals surface area contributed by atoms with Gasteiger partial charge in [0, 0.05) is 93.2 Å². The molecule has 0 fully saturated rings. The molecule has 3 aromatic carbocycles. The van der Waals surface area contributed by atoms with Gasteiger partial charge in [-0.1, -0.05) is 15.6 Å². The van der Waals surface area contributed by atoms with E-state index in [-0.39, 0.29) is 268 Å². The first kappa shape index (κ1) is 123. The van der Waals surface area contributed by atoms with E-state index in [1.165, 1.54) is 42.5 Å². The molecule has 7 rings (SSSR count). The number of hydrogen-bond donors (Lipinski definition) is 13. The molecule has 1 unspecified atom stereocenters. The number of aryl methyl sites for hydroxylation is 6. The van der Waals surface area contributed by atoms with Crippen molar-refractivity contribution in [3.05, 3.63) is 112 Å². The summed E-state index contributed by atoms with van der Waals surface area (Å²) in [7, 11) is -39.8. The molecule has 0 saturated heterocycles. The first-order valence-corrected chi connectivity index (χ1v) is 60.4. The molecule has 0 saturated carbocycles. The second kappa shape index (κ2) is 60.3. The number of carbonyl (C=O) groups excluding carboxylic acids is 3. The van der Waals surface area contributed by atoms with Gasteiger partial charge < -0.3 is 77.9 Å². The Morgan fingerprint density at radius 1 is 0.299 bits per heavy atom. The van der Waals surface area contributed by atoms with Crippen molar-refractivity contribution in [3.8, 4) is 51.7 Å². The van der Waals surface area contributed by atoms with Crippen molar-refractivity contribution in [1.82, 2.24) is 60.9 Å². The fourth-order valence-corrected chi connectivity index (χ4v) is 17.8. The lowest BCUT2D eigenvalue weighted by molar-refractivity contribution is -0.133. The van der Waals surface area contributed by atoms with Crippen LogP contribution >= 0.6 is 0 Å². The molecule has 0 spiro atoms. The van der Waals surface area contributed by atoms with Crippen molar-refractivity contribution in [1.29, 1.82) is 0 Å². The van der Waals surface area contributed by atoms with E-state index >= 15 is 0 Å². The van der Waals surface area contributed by atoms with Gasteiger partial charge in [0.1, 0.15) is 6.10 Å². The number of unbranched alkanes of at least 4 members (excludes halogenated alkanes) is 3. The summed E-state index contributed by atoms with van der Waals surface area (Å²) in [6.07, 6.45) is 8.17. The smallest absolute Gasteiger partial charge is 0.331 e. The maximum atomic E-state index is 13.7. The van der Waals surface area contributed by atoms with Crippen molar-refractivity contribution in [3.63, 3.8) is 0 Å². The van der Waals surface area contributed by atoms with Crippen LogP contribution in [0.4, 0.5) is 0 Å². The number of allylic oxidation sites excluding steroid dienone is 1. The van der Waals surface area contributed by atoms with Gasteiger partial charge in [0.25, 0.3) is 109 Å². The van der Waals surface area contributed by atoms with Crippen LogP contribution in [0.2, 0.25) is 0 Å². The fraction of sp³-hybridized carbons (Fsp3) is 0.610. The van der Waals surface area contributed by atoms with Crippen LogP contribution in [0, 0.1) is 0 Å². The average Bonchev–Trinajstić information content (AvgIpc) is 1.69. The van der Waals surface area contributed by atoms with Crippen LogP contribution in [0.3, 0.4) is 0 Å². The zero-order valence-electron chi connectivity index (χ0n) is 79.6. The number of carbonyl (C=O) groups is 4. The summed E-state index contributed by atoms with van der Waals surface area (Å²) in [5.74, 6) is -11.2. The molecule has 0 radical (unpaired) electrons. The van der Waals surface area contributed by atoms with Crippen LogP contribution < -0.4 is 58.6 Å². The number of nitrogens with one attached hydrogen (secondary N) is 3. The van der Waals surface area contributed by atoms with Gasteiger partial charge in [-0.05, 0) is 177 Å². The molecule has 3 amide bonds. The highest BCUT2D eigenvalue weighted by Crippen LogP contribution is 2.43. The van der Waals surface area contributed by atoms with Gasteiger partial charge in [0.05, 0.1) is 142 Å². The van der Waals surface area contributed by atoms with Gasteiger partial charge in [-0.15, -0.1) is 15.3 Å². The molecule has 56 nitrogen and oxygen atoms in total. The number of hydrogen-bond acceptors (Lipinski definition) is 40. The number of benzene rings is 3. The second-order valence-corrected chi connectivity index (χ2v) is 47.0. The maximum Gasteiger partial charge on any atom is 0.331 e. The summed E-state index contributed by atoms with van der Waals surface area (Å²) in [5.41, 5.74) is 1.47. The third-order valence-corrected chi connectivity index (χ3v) is 27.4. The van der Waals surface area contributed by atoms with Gasteiger partial charge >= 0.3 is 5.97 Å². The minimum atomic E-state index is -4.42. The van der Waals surface area contributed by atoms with Crippen molar-refractivity contribution in [2.24, 2.45) is 0 Å². The van der Waals surface area contributed by atoms with Crippen molar-refractivity contribution in [2.45, 2.75) is 167 Å². The number of nitrogens with zero attached hydrogens (tertiary/aromatic N) is 9. The Bertz CT molecular complexity index is 6300. The molecule has 1 aliphatic carbocycles. The largest absolute Gasteiger partial charge is 0.491 e. The minimum absolute atomic E-state index is 0.0390. The first-order chi connectivity index (χ1) is 69.1. The third kappa shape index (κ3) is 52.9. The predicted octanol–water partition coefficient (Wildman–Crippen LogP) is 3.24. The average molecular weight is 2270 g/mol. The second-order valence-electron chi connectivity index (χ2n) is 32.9. The summed E-state index contributed by atoms with van der Waals surface area (Å²) >= 11 is 0. The number of aliphatic carboxylic acids is 1. The summed E-state index contributed by atoms with van der Waals surface area (Å²) in [6, 6.07) is 7.31. The number of amides is 3. The Kier molecular flexibility index (Phi) is 50.6. The van der Waals surface area contributed by atoms with Crippen LogP contribution in [0.1, 0.15) is 170 Å². The minimum Gasteiger partial charge on any atom is -0.491 e. The lowest BCUT2D eigenvalue weighted by Crippen LogP contribution is -2.27. The molecule has 13 N–H and O–H groups in total. The molecule has 828 valence electrons. The number of carboxylic acid groups (broad SMARTS) is 1. The Balaban J connectivity index is 0.982. The number of carboxylic acids is 1. The van der Waals surface area contributed by atoms with E-state index in [4.69, 9.17) is 56.8 Å². The van der Waals surface area contributed by atoms with Crippen LogP contribution in [0.5, 0.6) is 51.7 Å². The molecule has 1 atom stereocenters. The van der Waals surface area contributed by atoms with E-state index in [1.807, 2.05) is 0 Å². The van der Waals surface area contributed by atoms with Crippen molar-refractivity contribution < 1.29 is 198 Å². The lowest BCUT2D eigenvalue weighted by Gasteiger charge is -2.27. The first-order valence-electron chi connectivity index (χ1n) is 45.9. The lowest BCUT2D eigenvalue weighted by atomic mass is 9.99. The van der Waals surface area contributed by atoms with E-state index < -0.39 is 173 Å². The van der Waals surface area contributed by atoms with E-state index in [0.717, 1.165) is 0 Å².